The van der Waals surface area contributed by atoms with Crippen molar-refractivity contribution in [3.05, 3.63) is 42.5 Å². The van der Waals surface area contributed by atoms with Crippen molar-refractivity contribution in [2.45, 2.75) is 26.3 Å². The molecular formula is C19H24N4O5S. The summed E-state index contributed by atoms with van der Waals surface area (Å²) in [6, 6.07) is 6.19. The Balaban J connectivity index is 1.60. The fourth-order valence-electron chi connectivity index (χ4n) is 3.25. The first-order valence-corrected chi connectivity index (χ1v) is 11.2. The van der Waals surface area contributed by atoms with Crippen LogP contribution in [0.2, 0.25) is 0 Å². The minimum Gasteiger partial charge on any atom is -0.452 e. The van der Waals surface area contributed by atoms with Gasteiger partial charge in [0.05, 0.1) is 22.8 Å². The highest BCUT2D eigenvalue weighted by molar-refractivity contribution is 7.91. The van der Waals surface area contributed by atoms with Crippen LogP contribution in [0.1, 0.15) is 30.6 Å². The predicted octanol–water partition coefficient (Wildman–Crippen LogP) is 1.10. The van der Waals surface area contributed by atoms with E-state index in [9.17, 15) is 18.0 Å². The van der Waals surface area contributed by atoms with Crippen molar-refractivity contribution >= 4 is 21.7 Å². The Bertz CT molecular complexity index is 955. The number of amides is 1. The van der Waals surface area contributed by atoms with E-state index < -0.39 is 22.4 Å². The maximum absolute atomic E-state index is 12.7. The maximum atomic E-state index is 12.7. The lowest BCUT2D eigenvalue weighted by Gasteiger charge is -2.29. The minimum atomic E-state index is -3.12. The first-order chi connectivity index (χ1) is 13.7. The summed E-state index contributed by atoms with van der Waals surface area (Å²) >= 11 is 0. The first-order valence-electron chi connectivity index (χ1n) is 9.37. The van der Waals surface area contributed by atoms with E-state index in [-0.39, 0.29) is 29.4 Å². The molecule has 29 heavy (non-hydrogen) atoms. The van der Waals surface area contributed by atoms with Crippen LogP contribution in [0.3, 0.4) is 0 Å². The molecule has 2 aromatic rings. The maximum Gasteiger partial charge on any atom is 0.338 e. The van der Waals surface area contributed by atoms with Gasteiger partial charge in [0.1, 0.15) is 12.7 Å². The molecule has 1 atom stereocenters. The number of hydrogen-bond donors (Lipinski definition) is 0. The van der Waals surface area contributed by atoms with E-state index in [0.29, 0.717) is 18.5 Å². The molecule has 1 aliphatic heterocycles. The lowest BCUT2D eigenvalue weighted by molar-refractivity contribution is -0.137. The average Bonchev–Trinajstić information content (AvgIpc) is 3.33. The zero-order valence-electron chi connectivity index (χ0n) is 16.4. The number of aromatic nitrogens is 3. The van der Waals surface area contributed by atoms with Crippen LogP contribution in [0, 0.1) is 5.92 Å². The molecule has 2 heterocycles. The normalized spacial score (nSPS) is 18.0. The smallest absolute Gasteiger partial charge is 0.338 e. The Morgan fingerprint density at radius 2 is 2.00 bits per heavy atom. The number of esters is 1. The molecule has 0 saturated carbocycles. The highest BCUT2D eigenvalue weighted by Crippen LogP contribution is 2.19. The number of carbonyl (C=O) groups is 2. The van der Waals surface area contributed by atoms with Crippen molar-refractivity contribution in [1.82, 2.24) is 19.7 Å². The van der Waals surface area contributed by atoms with Gasteiger partial charge in [0, 0.05) is 12.6 Å². The van der Waals surface area contributed by atoms with Gasteiger partial charge >= 0.3 is 5.97 Å². The molecule has 0 N–H and O–H groups in total. The van der Waals surface area contributed by atoms with Crippen LogP contribution in [-0.4, -0.2) is 70.7 Å². The molecule has 0 radical (unpaired) electrons. The lowest BCUT2D eigenvalue weighted by Crippen LogP contribution is -2.45. The van der Waals surface area contributed by atoms with Crippen LogP contribution in [0.5, 0.6) is 0 Å². The molecule has 0 aliphatic carbocycles. The van der Waals surface area contributed by atoms with Crippen molar-refractivity contribution in [1.29, 1.82) is 0 Å². The zero-order valence-corrected chi connectivity index (χ0v) is 17.2. The van der Waals surface area contributed by atoms with Crippen molar-refractivity contribution in [3.8, 4) is 5.69 Å². The minimum absolute atomic E-state index is 0.0385. The fraction of sp³-hybridized carbons (Fsp3) is 0.474. The molecule has 0 spiro atoms. The van der Waals surface area contributed by atoms with Gasteiger partial charge in [-0.05, 0) is 36.6 Å². The Morgan fingerprint density at radius 1 is 1.28 bits per heavy atom. The molecule has 10 heteroatoms. The molecule has 3 rings (SSSR count). The standard InChI is InChI=1S/C19H24N4O5S/c1-14(2)9-22(17-7-8-29(26,27)11-17)18(24)10-28-19(25)15-3-5-16(6-4-15)23-13-20-12-21-23/h3-6,12-14,17H,7-11H2,1-2H3/t17-/m0/s1. The number of hydrogen-bond acceptors (Lipinski definition) is 7. The summed E-state index contributed by atoms with van der Waals surface area (Å²) in [5.74, 6) is -0.789. The van der Waals surface area contributed by atoms with Gasteiger partial charge in [0.2, 0.25) is 0 Å². The van der Waals surface area contributed by atoms with Gasteiger partial charge in [-0.3, -0.25) is 4.79 Å². The quantitative estimate of drug-likeness (QED) is 0.617. The number of benzene rings is 1. The summed E-state index contributed by atoms with van der Waals surface area (Å²) in [7, 11) is -3.12. The molecule has 156 valence electrons. The van der Waals surface area contributed by atoms with E-state index in [1.807, 2.05) is 13.8 Å². The van der Waals surface area contributed by atoms with Gasteiger partial charge in [-0.2, -0.15) is 5.10 Å². The van der Waals surface area contributed by atoms with E-state index in [1.165, 1.54) is 11.2 Å². The van der Waals surface area contributed by atoms with E-state index >= 15 is 0 Å². The Morgan fingerprint density at radius 3 is 2.55 bits per heavy atom. The fourth-order valence-corrected chi connectivity index (χ4v) is 4.99. The van der Waals surface area contributed by atoms with Crippen molar-refractivity contribution in [2.75, 3.05) is 24.7 Å². The molecule has 1 fully saturated rings. The molecule has 9 nitrogen and oxygen atoms in total. The summed E-state index contributed by atoms with van der Waals surface area (Å²) in [6.07, 6.45) is 3.36. The van der Waals surface area contributed by atoms with Crippen LogP contribution in [0.15, 0.2) is 36.9 Å². The average molecular weight is 420 g/mol. The number of carbonyl (C=O) groups excluding carboxylic acids is 2. The summed E-state index contributed by atoms with van der Waals surface area (Å²) in [5.41, 5.74) is 1.04. The Hall–Kier alpha value is -2.75. The molecule has 1 aliphatic rings. The largest absolute Gasteiger partial charge is 0.452 e. The van der Waals surface area contributed by atoms with Gasteiger partial charge in [-0.25, -0.2) is 22.9 Å². The van der Waals surface area contributed by atoms with E-state index in [2.05, 4.69) is 10.1 Å². The molecule has 0 bridgehead atoms. The number of nitrogens with zero attached hydrogens (tertiary/aromatic N) is 4. The van der Waals surface area contributed by atoms with E-state index in [1.54, 1.807) is 35.3 Å². The van der Waals surface area contributed by atoms with Gasteiger partial charge in [0.15, 0.2) is 16.4 Å². The van der Waals surface area contributed by atoms with Crippen molar-refractivity contribution in [3.63, 3.8) is 0 Å². The monoisotopic (exact) mass is 420 g/mol. The molecule has 1 aromatic carbocycles. The summed E-state index contributed by atoms with van der Waals surface area (Å²) < 4.78 is 30.3. The first kappa shape index (κ1) is 21.0. The van der Waals surface area contributed by atoms with Gasteiger partial charge in [-0.15, -0.1) is 0 Å². The second-order valence-electron chi connectivity index (χ2n) is 7.46. The molecule has 1 aromatic heterocycles. The van der Waals surface area contributed by atoms with E-state index in [4.69, 9.17) is 4.74 Å². The molecule has 0 unspecified atom stereocenters. The SMILES string of the molecule is CC(C)CN(C(=O)COC(=O)c1ccc(-n2cncn2)cc1)[C@H]1CCS(=O)(=O)C1. The number of sulfone groups is 1. The third kappa shape index (κ3) is 5.41. The lowest BCUT2D eigenvalue weighted by atomic mass is 10.1. The third-order valence-corrected chi connectivity index (χ3v) is 6.39. The Labute approximate surface area is 169 Å². The third-order valence-electron chi connectivity index (χ3n) is 4.64. The molecule has 1 amide bonds. The van der Waals surface area contributed by atoms with Crippen molar-refractivity contribution in [2.24, 2.45) is 5.92 Å². The summed E-state index contributed by atoms with van der Waals surface area (Å²) in [4.78, 5) is 30.4. The van der Waals surface area contributed by atoms with Gasteiger partial charge < -0.3 is 9.64 Å². The topological polar surface area (TPSA) is 111 Å². The predicted molar refractivity (Wildman–Crippen MR) is 105 cm³/mol. The molecule has 1 saturated heterocycles. The number of ether oxygens (including phenoxy) is 1. The van der Waals surface area contributed by atoms with Gasteiger partial charge in [-0.1, -0.05) is 13.8 Å². The van der Waals surface area contributed by atoms with Crippen LogP contribution >= 0.6 is 0 Å². The van der Waals surface area contributed by atoms with Crippen LogP contribution in [0.25, 0.3) is 5.69 Å². The molecular weight excluding hydrogens is 396 g/mol. The second kappa shape index (κ2) is 8.73. The van der Waals surface area contributed by atoms with Gasteiger partial charge in [0.25, 0.3) is 5.91 Å². The summed E-state index contributed by atoms with van der Waals surface area (Å²) in [5, 5.41) is 4.01. The second-order valence-corrected chi connectivity index (χ2v) is 9.69. The highest BCUT2D eigenvalue weighted by atomic mass is 32.2. The van der Waals surface area contributed by atoms with E-state index in [0.717, 1.165) is 5.69 Å². The Kier molecular flexibility index (Phi) is 6.31. The number of rotatable bonds is 7. The highest BCUT2D eigenvalue weighted by Gasteiger charge is 2.35. The van der Waals surface area contributed by atoms with Crippen LogP contribution in [0.4, 0.5) is 0 Å². The zero-order chi connectivity index (χ0) is 21.0. The van der Waals surface area contributed by atoms with Crippen LogP contribution in [-0.2, 0) is 19.4 Å². The van der Waals surface area contributed by atoms with Crippen LogP contribution < -0.4 is 0 Å². The summed E-state index contributed by atoms with van der Waals surface area (Å²) in [6.45, 7) is 3.90. The van der Waals surface area contributed by atoms with Crippen molar-refractivity contribution < 1.29 is 22.7 Å².